The normalized spacial score (nSPS) is 10.6. The van der Waals surface area contributed by atoms with E-state index in [0.29, 0.717) is 5.56 Å². The summed E-state index contributed by atoms with van der Waals surface area (Å²) in [5.41, 5.74) is 1.66. The van der Waals surface area contributed by atoms with Crippen LogP contribution in [0.2, 0.25) is 0 Å². The van der Waals surface area contributed by atoms with Crippen molar-refractivity contribution in [3.63, 3.8) is 0 Å². The van der Waals surface area contributed by atoms with Crippen LogP contribution in [0.3, 0.4) is 0 Å². The van der Waals surface area contributed by atoms with E-state index >= 15 is 0 Å². The first kappa shape index (κ1) is 11.9. The Labute approximate surface area is 91.1 Å². The highest BCUT2D eigenvalue weighted by molar-refractivity contribution is 7.72. The predicted molar refractivity (Wildman–Crippen MR) is 58.8 cm³/mol. The largest absolute Gasteiger partial charge is 0.300 e. The number of benzene rings is 1. The molecule has 0 aliphatic heterocycles. The van der Waals surface area contributed by atoms with E-state index in [1.165, 1.54) is 6.92 Å². The van der Waals surface area contributed by atoms with Crippen molar-refractivity contribution in [2.24, 2.45) is 0 Å². The lowest BCUT2D eigenvalue weighted by atomic mass is 10.0. The van der Waals surface area contributed by atoms with Crippen molar-refractivity contribution in [2.75, 3.05) is 0 Å². The van der Waals surface area contributed by atoms with Crippen LogP contribution >= 0.6 is 0 Å². The standard InChI is InChI=1S/C11H14O3S/c1-3-9-4-5-11(15(13)14)10(7-9)6-8(2)12/h4-5,7,15H,3,6H2,1-2H3. The van der Waals surface area contributed by atoms with E-state index in [2.05, 4.69) is 0 Å². The molecular formula is C11H14O3S. The maximum absolute atomic E-state index is 11.0. The number of ketones is 1. The lowest BCUT2D eigenvalue weighted by Gasteiger charge is -2.05. The summed E-state index contributed by atoms with van der Waals surface area (Å²) in [6.45, 7) is 3.45. The molecule has 0 saturated heterocycles. The van der Waals surface area contributed by atoms with Gasteiger partial charge >= 0.3 is 0 Å². The van der Waals surface area contributed by atoms with Crippen molar-refractivity contribution in [1.82, 2.24) is 0 Å². The molecule has 0 N–H and O–H groups in total. The van der Waals surface area contributed by atoms with Crippen LogP contribution in [0.25, 0.3) is 0 Å². The summed E-state index contributed by atoms with van der Waals surface area (Å²) in [7, 11) is -2.62. The average molecular weight is 226 g/mol. The van der Waals surface area contributed by atoms with Crippen molar-refractivity contribution in [3.05, 3.63) is 29.3 Å². The Bertz CT molecular complexity index is 439. The fourth-order valence-electron chi connectivity index (χ4n) is 1.45. The molecule has 3 nitrogen and oxygen atoms in total. The van der Waals surface area contributed by atoms with Crippen molar-refractivity contribution < 1.29 is 13.2 Å². The molecule has 0 aliphatic rings. The lowest BCUT2D eigenvalue weighted by molar-refractivity contribution is -0.116. The number of rotatable bonds is 4. The molecule has 0 aliphatic carbocycles. The number of carbonyl (C=O) groups excluding carboxylic acids is 1. The van der Waals surface area contributed by atoms with Crippen molar-refractivity contribution in [2.45, 2.75) is 31.6 Å². The lowest BCUT2D eigenvalue weighted by Crippen LogP contribution is -2.01. The maximum atomic E-state index is 11.0. The topological polar surface area (TPSA) is 51.2 Å². The number of hydrogen-bond acceptors (Lipinski definition) is 3. The van der Waals surface area contributed by atoms with Gasteiger partial charge in [-0.15, -0.1) is 0 Å². The number of thiol groups is 1. The molecule has 0 unspecified atom stereocenters. The molecule has 0 aromatic heterocycles. The molecule has 0 amide bonds. The molecule has 0 atom stereocenters. The quantitative estimate of drug-likeness (QED) is 0.788. The average Bonchev–Trinajstić information content (AvgIpc) is 2.16. The first-order valence-electron chi connectivity index (χ1n) is 4.80. The van der Waals surface area contributed by atoms with Gasteiger partial charge in [0.25, 0.3) is 0 Å². The van der Waals surface area contributed by atoms with Gasteiger partial charge in [-0.1, -0.05) is 19.1 Å². The maximum Gasteiger partial charge on any atom is 0.168 e. The van der Waals surface area contributed by atoms with Crippen LogP contribution in [0.15, 0.2) is 23.1 Å². The minimum atomic E-state index is -2.62. The Morgan fingerprint density at radius 1 is 1.33 bits per heavy atom. The first-order chi connectivity index (χ1) is 7.04. The zero-order valence-corrected chi connectivity index (χ0v) is 9.71. The van der Waals surface area contributed by atoms with Crippen LogP contribution in [-0.2, 0) is 28.3 Å². The van der Waals surface area contributed by atoms with Gasteiger partial charge in [-0.05, 0) is 30.5 Å². The highest BCUT2D eigenvalue weighted by atomic mass is 32.2. The van der Waals surface area contributed by atoms with Gasteiger partial charge in [0.15, 0.2) is 10.7 Å². The molecule has 1 rings (SSSR count). The Morgan fingerprint density at radius 3 is 2.47 bits per heavy atom. The van der Waals surface area contributed by atoms with E-state index < -0.39 is 10.7 Å². The molecule has 0 saturated carbocycles. The Hall–Kier alpha value is -1.16. The third-order valence-corrected chi connectivity index (χ3v) is 3.02. The van der Waals surface area contributed by atoms with Crippen molar-refractivity contribution >= 4 is 16.5 Å². The number of Topliss-reactive ketones (excluding diaryl/α,β-unsaturated/α-hetero) is 1. The molecule has 0 radical (unpaired) electrons. The summed E-state index contributed by atoms with van der Waals surface area (Å²) < 4.78 is 21.9. The molecule has 0 fully saturated rings. The second kappa shape index (κ2) is 5.07. The summed E-state index contributed by atoms with van der Waals surface area (Å²) in [5, 5.41) is 0. The zero-order valence-electron chi connectivity index (χ0n) is 8.82. The summed E-state index contributed by atoms with van der Waals surface area (Å²) >= 11 is 0. The smallest absolute Gasteiger partial charge is 0.168 e. The highest BCUT2D eigenvalue weighted by Crippen LogP contribution is 2.15. The van der Waals surface area contributed by atoms with Gasteiger partial charge in [0.05, 0.1) is 4.90 Å². The molecule has 1 aromatic carbocycles. The van der Waals surface area contributed by atoms with Crippen LogP contribution in [0.4, 0.5) is 0 Å². The first-order valence-corrected chi connectivity index (χ1v) is 5.98. The summed E-state index contributed by atoms with van der Waals surface area (Å²) in [4.78, 5) is 11.3. The third kappa shape index (κ3) is 3.16. The molecular weight excluding hydrogens is 212 g/mol. The van der Waals surface area contributed by atoms with Gasteiger partial charge in [-0.3, -0.25) is 4.79 Å². The van der Waals surface area contributed by atoms with Gasteiger partial charge in [0.1, 0.15) is 5.78 Å². The molecule has 1 aromatic rings. The minimum absolute atomic E-state index is 0.0265. The Balaban J connectivity index is 3.22. The van der Waals surface area contributed by atoms with E-state index in [1.54, 1.807) is 18.2 Å². The van der Waals surface area contributed by atoms with Gasteiger partial charge in [0, 0.05) is 6.42 Å². The van der Waals surface area contributed by atoms with E-state index in [-0.39, 0.29) is 17.1 Å². The summed E-state index contributed by atoms with van der Waals surface area (Å²) in [6.07, 6.45) is 1.02. The Kier molecular flexibility index (Phi) is 4.03. The number of carbonyl (C=O) groups is 1. The Morgan fingerprint density at radius 2 is 2.00 bits per heavy atom. The van der Waals surface area contributed by atoms with Gasteiger partial charge < -0.3 is 0 Å². The van der Waals surface area contributed by atoms with Crippen LogP contribution in [0.5, 0.6) is 0 Å². The molecule has 82 valence electrons. The van der Waals surface area contributed by atoms with Crippen molar-refractivity contribution in [1.29, 1.82) is 0 Å². The fourth-order valence-corrected chi connectivity index (χ4v) is 2.02. The SMILES string of the molecule is CCc1ccc([SH](=O)=O)c(CC(C)=O)c1. The monoisotopic (exact) mass is 226 g/mol. The van der Waals surface area contributed by atoms with Crippen LogP contribution < -0.4 is 0 Å². The second-order valence-corrected chi connectivity index (χ2v) is 4.45. The van der Waals surface area contributed by atoms with Gasteiger partial charge in [-0.25, -0.2) is 8.42 Å². The fraction of sp³-hybridized carbons (Fsp3) is 0.364. The van der Waals surface area contributed by atoms with Gasteiger partial charge in [0.2, 0.25) is 0 Å². The van der Waals surface area contributed by atoms with Crippen molar-refractivity contribution in [3.8, 4) is 0 Å². The highest BCUT2D eigenvalue weighted by Gasteiger charge is 2.07. The van der Waals surface area contributed by atoms with Crippen LogP contribution in [-0.4, -0.2) is 14.2 Å². The molecule has 0 bridgehead atoms. The van der Waals surface area contributed by atoms with Gasteiger partial charge in [-0.2, -0.15) is 0 Å². The van der Waals surface area contributed by atoms with E-state index in [9.17, 15) is 13.2 Å². The summed E-state index contributed by atoms with van der Waals surface area (Å²) in [6, 6.07) is 5.15. The molecule has 0 spiro atoms. The predicted octanol–water partition coefficient (Wildman–Crippen LogP) is 1.35. The third-order valence-electron chi connectivity index (χ3n) is 2.19. The molecule has 4 heteroatoms. The van der Waals surface area contributed by atoms with Crippen LogP contribution in [0, 0.1) is 0 Å². The number of aryl methyl sites for hydroxylation is 1. The molecule has 15 heavy (non-hydrogen) atoms. The number of hydrogen-bond donors (Lipinski definition) is 1. The summed E-state index contributed by atoms with van der Waals surface area (Å²) in [5.74, 6) is -0.0265. The van der Waals surface area contributed by atoms with E-state index in [1.807, 2.05) is 6.92 Å². The zero-order chi connectivity index (χ0) is 11.4. The van der Waals surface area contributed by atoms with E-state index in [0.717, 1.165) is 12.0 Å². The van der Waals surface area contributed by atoms with E-state index in [4.69, 9.17) is 0 Å². The second-order valence-electron chi connectivity index (χ2n) is 3.45. The van der Waals surface area contributed by atoms with Crippen LogP contribution in [0.1, 0.15) is 25.0 Å². The minimum Gasteiger partial charge on any atom is -0.300 e. The molecule has 0 heterocycles.